The second-order valence-corrected chi connectivity index (χ2v) is 5.98. The van der Waals surface area contributed by atoms with Gasteiger partial charge >= 0.3 is 5.97 Å². The summed E-state index contributed by atoms with van der Waals surface area (Å²) < 4.78 is 44.6. The van der Waals surface area contributed by atoms with E-state index in [1.165, 1.54) is 25.1 Å². The molecule has 21 heavy (non-hydrogen) atoms. The van der Waals surface area contributed by atoms with Gasteiger partial charge in [-0.25, -0.2) is 22.3 Å². The normalized spacial score (nSPS) is 11.5. The number of hydrogen-bond acceptors (Lipinski definition) is 4. The molecule has 0 bridgehead atoms. The van der Waals surface area contributed by atoms with Gasteiger partial charge in [-0.15, -0.1) is 0 Å². The number of sulfonamides is 1. The highest BCUT2D eigenvalue weighted by molar-refractivity contribution is 7.89. The van der Waals surface area contributed by atoms with Gasteiger partial charge in [0.25, 0.3) is 0 Å². The minimum absolute atomic E-state index is 0.0462. The van der Waals surface area contributed by atoms with E-state index in [1.807, 2.05) is 0 Å². The minimum atomic E-state index is -4.05. The van der Waals surface area contributed by atoms with Crippen molar-refractivity contribution in [1.82, 2.24) is 4.72 Å². The average molecular weight is 313 g/mol. The Bertz CT molecular complexity index is 782. The summed E-state index contributed by atoms with van der Waals surface area (Å²) in [6.07, 6.45) is 0. The second-order valence-electron chi connectivity index (χ2n) is 4.24. The van der Waals surface area contributed by atoms with Crippen LogP contribution in [-0.4, -0.2) is 19.5 Å². The molecule has 1 heterocycles. The molecule has 8 heteroatoms. The monoisotopic (exact) mass is 313 g/mol. The minimum Gasteiger partial charge on any atom is -0.478 e. The third-order valence-corrected chi connectivity index (χ3v) is 4.20. The third kappa shape index (κ3) is 3.29. The zero-order valence-corrected chi connectivity index (χ0v) is 11.8. The summed E-state index contributed by atoms with van der Waals surface area (Å²) in [5, 5.41) is 8.87. The van der Waals surface area contributed by atoms with Gasteiger partial charge in [-0.3, -0.25) is 0 Å². The maximum absolute atomic E-state index is 13.5. The number of carboxylic acid groups (broad SMARTS) is 1. The predicted molar refractivity (Wildman–Crippen MR) is 70.8 cm³/mol. The fraction of sp³-hybridized carbons (Fsp3) is 0.154. The van der Waals surface area contributed by atoms with E-state index in [-0.39, 0.29) is 23.6 Å². The smallest absolute Gasteiger partial charge is 0.339 e. The molecule has 1 aromatic heterocycles. The highest BCUT2D eigenvalue weighted by Gasteiger charge is 2.20. The Hall–Kier alpha value is -2.19. The zero-order chi connectivity index (χ0) is 15.6. The van der Waals surface area contributed by atoms with E-state index in [0.717, 1.165) is 12.1 Å². The Labute approximate surface area is 120 Å². The largest absolute Gasteiger partial charge is 0.478 e. The zero-order valence-electron chi connectivity index (χ0n) is 11.0. The molecule has 0 aliphatic carbocycles. The Morgan fingerprint density at radius 3 is 2.62 bits per heavy atom. The number of benzene rings is 1. The topological polar surface area (TPSA) is 96.6 Å². The molecule has 0 atom stereocenters. The number of nitrogens with one attached hydrogen (secondary N) is 1. The van der Waals surface area contributed by atoms with Gasteiger partial charge in [0, 0.05) is 0 Å². The molecular formula is C13H12FNO5S. The molecule has 6 nitrogen and oxygen atoms in total. The highest BCUT2D eigenvalue weighted by Crippen LogP contribution is 2.17. The van der Waals surface area contributed by atoms with Crippen LogP contribution in [0.25, 0.3) is 0 Å². The summed E-state index contributed by atoms with van der Waals surface area (Å²) in [7, 11) is -4.05. The average Bonchev–Trinajstić information content (AvgIpc) is 2.78. The van der Waals surface area contributed by atoms with Crippen molar-refractivity contribution in [1.29, 1.82) is 0 Å². The van der Waals surface area contributed by atoms with Crippen molar-refractivity contribution in [2.75, 3.05) is 0 Å². The van der Waals surface area contributed by atoms with E-state index < -0.39 is 26.7 Å². The van der Waals surface area contributed by atoms with Gasteiger partial charge in [0.2, 0.25) is 10.0 Å². The molecule has 112 valence electrons. The van der Waals surface area contributed by atoms with Crippen LogP contribution in [0, 0.1) is 12.7 Å². The lowest BCUT2D eigenvalue weighted by Gasteiger charge is -2.05. The van der Waals surface area contributed by atoms with Crippen molar-refractivity contribution < 1.29 is 27.1 Å². The Morgan fingerprint density at radius 2 is 2.05 bits per heavy atom. The number of aryl methyl sites for hydroxylation is 1. The summed E-state index contributed by atoms with van der Waals surface area (Å²) in [6.45, 7) is 1.18. The van der Waals surface area contributed by atoms with Crippen LogP contribution in [-0.2, 0) is 16.6 Å². The van der Waals surface area contributed by atoms with E-state index in [0.29, 0.717) is 0 Å². The maximum atomic E-state index is 13.5. The van der Waals surface area contributed by atoms with Gasteiger partial charge in [0.1, 0.15) is 27.8 Å². The molecule has 0 fully saturated rings. The van der Waals surface area contributed by atoms with E-state index in [4.69, 9.17) is 9.52 Å². The first kappa shape index (κ1) is 15.2. The summed E-state index contributed by atoms with van der Waals surface area (Å²) in [5.74, 6) is -1.74. The van der Waals surface area contributed by atoms with Crippen LogP contribution in [0.5, 0.6) is 0 Å². The molecule has 0 saturated carbocycles. The number of aromatic carboxylic acids is 1. The lowest BCUT2D eigenvalue weighted by Crippen LogP contribution is -2.24. The van der Waals surface area contributed by atoms with E-state index >= 15 is 0 Å². The molecule has 0 radical (unpaired) electrons. The Balaban J connectivity index is 2.18. The van der Waals surface area contributed by atoms with Crippen molar-refractivity contribution in [2.45, 2.75) is 18.4 Å². The van der Waals surface area contributed by atoms with Gasteiger partial charge in [0.15, 0.2) is 0 Å². The first-order chi connectivity index (χ1) is 9.81. The molecule has 1 aromatic carbocycles. The summed E-state index contributed by atoms with van der Waals surface area (Å²) in [5.41, 5.74) is -0.0462. The lowest BCUT2D eigenvalue weighted by molar-refractivity contribution is 0.0695. The molecule has 0 unspecified atom stereocenters. The number of furan rings is 1. The standard InChI is InChI=1S/C13H12FNO5S/c1-8-10(13(16)17)6-9(20-8)7-15-21(18,19)12-5-3-2-4-11(12)14/h2-6,15H,7H2,1H3,(H,16,17). The molecule has 2 N–H and O–H groups in total. The molecule has 0 aliphatic heterocycles. The molecule has 2 aromatic rings. The maximum Gasteiger partial charge on any atom is 0.339 e. The SMILES string of the molecule is Cc1oc(CNS(=O)(=O)c2ccccc2F)cc1C(=O)O. The lowest BCUT2D eigenvalue weighted by atomic mass is 10.2. The Morgan fingerprint density at radius 1 is 1.38 bits per heavy atom. The van der Waals surface area contributed by atoms with Crippen LogP contribution < -0.4 is 4.72 Å². The fourth-order valence-corrected chi connectivity index (χ4v) is 2.82. The Kier molecular flexibility index (Phi) is 4.10. The van der Waals surface area contributed by atoms with E-state index in [9.17, 15) is 17.6 Å². The fourth-order valence-electron chi connectivity index (χ4n) is 1.75. The van der Waals surface area contributed by atoms with E-state index in [1.54, 1.807) is 0 Å². The van der Waals surface area contributed by atoms with Crippen molar-refractivity contribution in [2.24, 2.45) is 0 Å². The molecule has 0 aliphatic rings. The van der Waals surface area contributed by atoms with Crippen LogP contribution in [0.4, 0.5) is 4.39 Å². The number of rotatable bonds is 5. The van der Waals surface area contributed by atoms with Crippen molar-refractivity contribution >= 4 is 16.0 Å². The van der Waals surface area contributed by atoms with Crippen LogP contribution in [0.2, 0.25) is 0 Å². The number of hydrogen-bond donors (Lipinski definition) is 2. The van der Waals surface area contributed by atoms with Crippen molar-refractivity contribution in [3.05, 3.63) is 53.2 Å². The first-order valence-corrected chi connectivity index (χ1v) is 7.36. The van der Waals surface area contributed by atoms with Crippen LogP contribution >= 0.6 is 0 Å². The van der Waals surface area contributed by atoms with Crippen molar-refractivity contribution in [3.63, 3.8) is 0 Å². The summed E-state index contributed by atoms with van der Waals surface area (Å²) in [6, 6.07) is 6.17. The highest BCUT2D eigenvalue weighted by atomic mass is 32.2. The van der Waals surface area contributed by atoms with Crippen LogP contribution in [0.15, 0.2) is 39.6 Å². The van der Waals surface area contributed by atoms with Crippen LogP contribution in [0.1, 0.15) is 21.9 Å². The third-order valence-electron chi connectivity index (χ3n) is 2.76. The summed E-state index contributed by atoms with van der Waals surface area (Å²) >= 11 is 0. The molecular weight excluding hydrogens is 301 g/mol. The van der Waals surface area contributed by atoms with Gasteiger partial charge in [-0.1, -0.05) is 12.1 Å². The molecule has 0 amide bonds. The van der Waals surface area contributed by atoms with Crippen molar-refractivity contribution in [3.8, 4) is 0 Å². The van der Waals surface area contributed by atoms with Gasteiger partial charge in [-0.2, -0.15) is 0 Å². The number of halogens is 1. The predicted octanol–water partition coefficient (Wildman–Crippen LogP) is 1.90. The quantitative estimate of drug-likeness (QED) is 0.879. The van der Waals surface area contributed by atoms with Gasteiger partial charge in [-0.05, 0) is 25.1 Å². The molecule has 2 rings (SSSR count). The number of carboxylic acids is 1. The van der Waals surface area contributed by atoms with Gasteiger partial charge in [0.05, 0.1) is 6.54 Å². The molecule has 0 saturated heterocycles. The van der Waals surface area contributed by atoms with Gasteiger partial charge < -0.3 is 9.52 Å². The van der Waals surface area contributed by atoms with E-state index in [2.05, 4.69) is 4.72 Å². The number of carbonyl (C=O) groups is 1. The second kappa shape index (κ2) is 5.66. The van der Waals surface area contributed by atoms with Crippen LogP contribution in [0.3, 0.4) is 0 Å². The first-order valence-electron chi connectivity index (χ1n) is 5.88. The molecule has 0 spiro atoms. The summed E-state index contributed by atoms with van der Waals surface area (Å²) in [4.78, 5) is 10.4.